The first-order valence-corrected chi connectivity index (χ1v) is 7.74. The molecule has 0 fully saturated rings. The summed E-state index contributed by atoms with van der Waals surface area (Å²) in [6.07, 6.45) is 0. The molecule has 0 aliphatic carbocycles. The zero-order valence-corrected chi connectivity index (χ0v) is 12.5. The van der Waals surface area contributed by atoms with Crippen molar-refractivity contribution in [1.29, 1.82) is 0 Å². The maximum absolute atomic E-state index is 11.3. The van der Waals surface area contributed by atoms with Crippen molar-refractivity contribution < 1.29 is 0 Å². The number of H-pyrrole nitrogens is 3. The molecule has 9 heteroatoms. The fourth-order valence-corrected chi connectivity index (χ4v) is 3.00. The van der Waals surface area contributed by atoms with Gasteiger partial charge in [0.1, 0.15) is 5.52 Å². The molecule has 1 aromatic carbocycles. The second-order valence-corrected chi connectivity index (χ2v) is 5.81. The molecule has 3 N–H and O–H groups in total. The Morgan fingerprint density at radius 3 is 2.78 bits per heavy atom. The van der Waals surface area contributed by atoms with E-state index in [4.69, 9.17) is 0 Å². The lowest BCUT2D eigenvalue weighted by Crippen LogP contribution is -2.22. The minimum atomic E-state index is -0.529. The fraction of sp³-hybridized carbons (Fsp3) is 0.0714. The second-order valence-electron chi connectivity index (χ2n) is 4.86. The molecule has 8 nitrogen and oxygen atoms in total. The Hall–Kier alpha value is -2.94. The molecule has 0 bridgehead atoms. The highest BCUT2D eigenvalue weighted by molar-refractivity contribution is 7.98. The lowest BCUT2D eigenvalue weighted by Gasteiger charge is -1.99. The van der Waals surface area contributed by atoms with Crippen molar-refractivity contribution in [2.75, 3.05) is 0 Å². The summed E-state index contributed by atoms with van der Waals surface area (Å²) in [5.41, 5.74) is 1.86. The summed E-state index contributed by atoms with van der Waals surface area (Å²) in [5, 5.41) is 9.74. The second kappa shape index (κ2) is 5.36. The maximum Gasteiger partial charge on any atom is 0.325 e. The van der Waals surface area contributed by atoms with Crippen LogP contribution in [0.4, 0.5) is 0 Å². The van der Waals surface area contributed by atoms with Gasteiger partial charge in [0.25, 0.3) is 5.56 Å². The quantitative estimate of drug-likeness (QED) is 0.486. The summed E-state index contributed by atoms with van der Waals surface area (Å²) in [4.78, 5) is 34.8. The van der Waals surface area contributed by atoms with E-state index in [1.54, 1.807) is 0 Å². The number of benzene rings is 1. The van der Waals surface area contributed by atoms with Crippen LogP contribution in [0.2, 0.25) is 0 Å². The van der Waals surface area contributed by atoms with Gasteiger partial charge in [-0.15, -0.1) is 10.2 Å². The fourth-order valence-electron chi connectivity index (χ4n) is 2.31. The van der Waals surface area contributed by atoms with Crippen LogP contribution >= 0.6 is 11.8 Å². The smallest absolute Gasteiger partial charge is 0.325 e. The van der Waals surface area contributed by atoms with Gasteiger partial charge in [-0.1, -0.05) is 30.0 Å². The number of aromatic amines is 3. The van der Waals surface area contributed by atoms with Gasteiger partial charge in [0, 0.05) is 28.4 Å². The van der Waals surface area contributed by atoms with Crippen LogP contribution in [0, 0.1) is 0 Å². The number of hydrogen-bond acceptors (Lipinski definition) is 6. The lowest BCUT2D eigenvalue weighted by atomic mass is 10.2. The van der Waals surface area contributed by atoms with Crippen LogP contribution in [0.1, 0.15) is 5.69 Å². The molecule has 114 valence electrons. The van der Waals surface area contributed by atoms with Gasteiger partial charge in [-0.05, 0) is 6.07 Å². The van der Waals surface area contributed by atoms with E-state index < -0.39 is 11.2 Å². The van der Waals surface area contributed by atoms with Crippen molar-refractivity contribution in [1.82, 2.24) is 30.1 Å². The Kier molecular flexibility index (Phi) is 3.19. The van der Waals surface area contributed by atoms with Crippen molar-refractivity contribution in [3.8, 4) is 0 Å². The maximum atomic E-state index is 11.3. The zero-order chi connectivity index (χ0) is 15.8. The number of nitrogens with one attached hydrogen (secondary N) is 3. The predicted molar refractivity (Wildman–Crippen MR) is 86.4 cm³/mol. The number of para-hydroxylation sites is 1. The molecule has 0 amide bonds. The zero-order valence-electron chi connectivity index (χ0n) is 11.7. The van der Waals surface area contributed by atoms with Crippen LogP contribution in [0.5, 0.6) is 0 Å². The monoisotopic (exact) mass is 326 g/mol. The van der Waals surface area contributed by atoms with Crippen LogP contribution in [0.3, 0.4) is 0 Å². The highest BCUT2D eigenvalue weighted by atomic mass is 32.2. The lowest BCUT2D eigenvalue weighted by molar-refractivity contribution is 0.876. The van der Waals surface area contributed by atoms with Crippen LogP contribution in [-0.4, -0.2) is 30.1 Å². The first-order chi connectivity index (χ1) is 11.2. The van der Waals surface area contributed by atoms with Gasteiger partial charge in [0.15, 0.2) is 5.65 Å². The average Bonchev–Trinajstić information content (AvgIpc) is 2.89. The van der Waals surface area contributed by atoms with Gasteiger partial charge in [-0.3, -0.25) is 9.78 Å². The summed E-state index contributed by atoms with van der Waals surface area (Å²) in [7, 11) is 0. The van der Waals surface area contributed by atoms with E-state index in [1.807, 2.05) is 24.3 Å². The van der Waals surface area contributed by atoms with Gasteiger partial charge in [-0.25, -0.2) is 9.78 Å². The van der Waals surface area contributed by atoms with Crippen LogP contribution < -0.4 is 11.2 Å². The highest BCUT2D eigenvalue weighted by Crippen LogP contribution is 2.24. The molecule has 0 aliphatic heterocycles. The molecule has 3 aromatic heterocycles. The van der Waals surface area contributed by atoms with E-state index in [-0.39, 0.29) is 0 Å². The third-order valence-corrected chi connectivity index (χ3v) is 4.16. The summed E-state index contributed by atoms with van der Waals surface area (Å²) >= 11 is 1.29. The first-order valence-electron chi connectivity index (χ1n) is 6.75. The number of hydrogen-bond donors (Lipinski definition) is 3. The first kappa shape index (κ1) is 13.7. The Bertz CT molecular complexity index is 1100. The Labute approximate surface area is 132 Å². The molecule has 0 aliphatic rings. The average molecular weight is 326 g/mol. The molecule has 0 unspecified atom stereocenters. The van der Waals surface area contributed by atoms with E-state index in [1.165, 1.54) is 17.8 Å². The van der Waals surface area contributed by atoms with Gasteiger partial charge in [0.2, 0.25) is 5.16 Å². The summed E-state index contributed by atoms with van der Waals surface area (Å²) in [6, 6.07) is 9.11. The molecule has 3 heterocycles. The number of aromatic nitrogens is 6. The Morgan fingerprint density at radius 2 is 1.91 bits per heavy atom. The largest absolute Gasteiger partial charge is 0.338 e. The normalized spacial score (nSPS) is 11.3. The third kappa shape index (κ3) is 2.61. The Balaban J connectivity index is 1.65. The molecule has 0 radical (unpaired) electrons. The molecule has 0 spiro atoms. The molecule has 0 saturated carbocycles. The molecular formula is C14H10N6O2S. The van der Waals surface area contributed by atoms with Crippen molar-refractivity contribution >= 4 is 33.8 Å². The van der Waals surface area contributed by atoms with E-state index in [0.29, 0.717) is 22.3 Å². The molecule has 23 heavy (non-hydrogen) atoms. The van der Waals surface area contributed by atoms with Gasteiger partial charge >= 0.3 is 5.69 Å². The van der Waals surface area contributed by atoms with Crippen molar-refractivity contribution in [2.24, 2.45) is 0 Å². The number of fused-ring (bicyclic) bond motifs is 3. The SMILES string of the molecule is O=c1cc(CSc2nnc3c(n2)[nH]c2ccccc23)[nH]c(=O)[nH]1. The summed E-state index contributed by atoms with van der Waals surface area (Å²) in [6.45, 7) is 0. The number of rotatable bonds is 3. The van der Waals surface area contributed by atoms with Gasteiger partial charge < -0.3 is 9.97 Å². The van der Waals surface area contributed by atoms with Crippen molar-refractivity contribution in [3.63, 3.8) is 0 Å². The molecule has 4 rings (SSSR count). The van der Waals surface area contributed by atoms with Crippen LogP contribution in [0.25, 0.3) is 22.1 Å². The standard InChI is InChI=1S/C14H10N6O2S/c21-10-5-7(15-13(22)17-10)6-23-14-18-12-11(19-20-14)8-3-1-2-4-9(8)16-12/h1-5H,6H2,(H,16,18,20)(H2,15,17,21,22). The van der Waals surface area contributed by atoms with Gasteiger partial charge in [0.05, 0.1) is 0 Å². The summed E-state index contributed by atoms with van der Waals surface area (Å²) < 4.78 is 0. The minimum absolute atomic E-state index is 0.368. The van der Waals surface area contributed by atoms with E-state index in [2.05, 4.69) is 30.1 Å². The Morgan fingerprint density at radius 1 is 1.04 bits per heavy atom. The topological polar surface area (TPSA) is 120 Å². The number of thioether (sulfide) groups is 1. The summed E-state index contributed by atoms with van der Waals surface area (Å²) in [5.74, 6) is 0.368. The van der Waals surface area contributed by atoms with Crippen LogP contribution in [0.15, 0.2) is 45.1 Å². The minimum Gasteiger partial charge on any atom is -0.338 e. The van der Waals surface area contributed by atoms with E-state index >= 15 is 0 Å². The van der Waals surface area contributed by atoms with Crippen molar-refractivity contribution in [2.45, 2.75) is 10.9 Å². The molecular weight excluding hydrogens is 316 g/mol. The molecule has 0 saturated heterocycles. The molecule has 0 atom stereocenters. The van der Waals surface area contributed by atoms with Crippen LogP contribution in [-0.2, 0) is 5.75 Å². The van der Waals surface area contributed by atoms with E-state index in [9.17, 15) is 9.59 Å². The van der Waals surface area contributed by atoms with Gasteiger partial charge in [-0.2, -0.15) is 0 Å². The highest BCUT2D eigenvalue weighted by Gasteiger charge is 2.09. The van der Waals surface area contributed by atoms with Crippen molar-refractivity contribution in [3.05, 3.63) is 56.9 Å². The third-order valence-electron chi connectivity index (χ3n) is 3.28. The molecule has 4 aromatic rings. The van der Waals surface area contributed by atoms with E-state index in [0.717, 1.165) is 16.4 Å². The number of nitrogens with zero attached hydrogens (tertiary/aromatic N) is 3. The predicted octanol–water partition coefficient (Wildman–Crippen LogP) is 1.17.